The molecule has 0 unspecified atom stereocenters. The number of rotatable bonds is 8. The van der Waals surface area contributed by atoms with Gasteiger partial charge in [-0.05, 0) is 43.1 Å². The molecule has 0 spiro atoms. The normalized spacial score (nSPS) is 22.2. The van der Waals surface area contributed by atoms with Crippen molar-refractivity contribution >= 4 is 0 Å². The summed E-state index contributed by atoms with van der Waals surface area (Å²) in [5, 5.41) is 0. The Hall–Kier alpha value is -1.06. The van der Waals surface area contributed by atoms with Gasteiger partial charge in [0, 0.05) is 12.5 Å². The standard InChI is InChI=1S/C21H30F4/c1-3-4-5-6-7-16-8-10-17(11-9-16)18-12-14-19(15-13-18)21(24,25)20(2,22)23/h12-17H,3-11H2,1-2H3/t16-,17-. The zero-order valence-electron chi connectivity index (χ0n) is 15.3. The van der Waals surface area contributed by atoms with Gasteiger partial charge in [0.2, 0.25) is 0 Å². The van der Waals surface area contributed by atoms with E-state index in [1.165, 1.54) is 57.1 Å². The smallest absolute Gasteiger partial charge is 0.200 e. The minimum atomic E-state index is -4.12. The molecule has 0 atom stereocenters. The van der Waals surface area contributed by atoms with E-state index < -0.39 is 17.4 Å². The number of unbranched alkanes of at least 4 members (excludes halogenated alkanes) is 3. The molecular formula is C21H30F4. The quantitative estimate of drug-likeness (QED) is 0.330. The first-order valence-electron chi connectivity index (χ1n) is 9.61. The van der Waals surface area contributed by atoms with Crippen molar-refractivity contribution < 1.29 is 17.6 Å². The summed E-state index contributed by atoms with van der Waals surface area (Å²) in [5.74, 6) is -7.02. The third kappa shape index (κ3) is 5.21. The molecule has 0 radical (unpaired) electrons. The Morgan fingerprint density at radius 1 is 0.880 bits per heavy atom. The van der Waals surface area contributed by atoms with Gasteiger partial charge in [0.1, 0.15) is 0 Å². The maximum atomic E-state index is 13.7. The molecule has 142 valence electrons. The molecule has 0 amide bonds. The van der Waals surface area contributed by atoms with Crippen molar-refractivity contribution in [1.29, 1.82) is 0 Å². The van der Waals surface area contributed by atoms with Crippen molar-refractivity contribution in [2.45, 2.75) is 89.4 Å². The van der Waals surface area contributed by atoms with Crippen LogP contribution in [-0.2, 0) is 5.92 Å². The Bertz CT molecular complexity index is 508. The van der Waals surface area contributed by atoms with Crippen LogP contribution in [0.2, 0.25) is 0 Å². The lowest BCUT2D eigenvalue weighted by molar-refractivity contribution is -0.204. The molecule has 1 aliphatic carbocycles. The van der Waals surface area contributed by atoms with Gasteiger partial charge in [0.05, 0.1) is 0 Å². The van der Waals surface area contributed by atoms with Crippen molar-refractivity contribution in [3.63, 3.8) is 0 Å². The fraction of sp³-hybridized carbons (Fsp3) is 0.714. The van der Waals surface area contributed by atoms with E-state index in [4.69, 9.17) is 0 Å². The number of halogens is 4. The number of benzene rings is 1. The lowest BCUT2D eigenvalue weighted by atomic mass is 9.77. The van der Waals surface area contributed by atoms with Crippen LogP contribution in [0.5, 0.6) is 0 Å². The van der Waals surface area contributed by atoms with Gasteiger partial charge >= 0.3 is 11.8 Å². The highest BCUT2D eigenvalue weighted by molar-refractivity contribution is 5.29. The van der Waals surface area contributed by atoms with Crippen LogP contribution in [-0.4, -0.2) is 5.92 Å². The van der Waals surface area contributed by atoms with Gasteiger partial charge in [-0.25, -0.2) is 0 Å². The minimum Gasteiger partial charge on any atom is -0.200 e. The van der Waals surface area contributed by atoms with Crippen LogP contribution in [0.25, 0.3) is 0 Å². The maximum Gasteiger partial charge on any atom is 0.335 e. The average molecular weight is 358 g/mol. The highest BCUT2D eigenvalue weighted by atomic mass is 19.3. The summed E-state index contributed by atoms with van der Waals surface area (Å²) in [6, 6.07) is 5.57. The Morgan fingerprint density at radius 2 is 1.48 bits per heavy atom. The fourth-order valence-corrected chi connectivity index (χ4v) is 3.86. The van der Waals surface area contributed by atoms with Crippen LogP contribution in [0.1, 0.15) is 88.7 Å². The summed E-state index contributed by atoms with van der Waals surface area (Å²) in [7, 11) is 0. The van der Waals surface area contributed by atoms with E-state index in [0.717, 1.165) is 24.3 Å². The molecule has 0 bridgehead atoms. The first kappa shape index (κ1) is 20.3. The Morgan fingerprint density at radius 3 is 2.00 bits per heavy atom. The summed E-state index contributed by atoms with van der Waals surface area (Å²) in [4.78, 5) is 0. The SMILES string of the molecule is CCCCCC[C@H]1CC[C@H](c2ccc(C(F)(F)C(C)(F)F)cc2)CC1. The molecule has 0 N–H and O–H groups in total. The molecule has 4 heteroatoms. The van der Waals surface area contributed by atoms with Crippen molar-refractivity contribution in [2.24, 2.45) is 5.92 Å². The van der Waals surface area contributed by atoms with E-state index in [0.29, 0.717) is 5.92 Å². The molecule has 1 fully saturated rings. The van der Waals surface area contributed by atoms with Crippen LogP contribution in [0.4, 0.5) is 17.6 Å². The van der Waals surface area contributed by atoms with Gasteiger partial charge in [-0.3, -0.25) is 0 Å². The van der Waals surface area contributed by atoms with Gasteiger partial charge in [0.25, 0.3) is 0 Å². The van der Waals surface area contributed by atoms with E-state index in [1.807, 2.05) is 0 Å². The van der Waals surface area contributed by atoms with Crippen LogP contribution in [0.15, 0.2) is 24.3 Å². The highest BCUT2D eigenvalue weighted by Gasteiger charge is 2.53. The van der Waals surface area contributed by atoms with Gasteiger partial charge in [0.15, 0.2) is 0 Å². The fourth-order valence-electron chi connectivity index (χ4n) is 3.86. The predicted molar refractivity (Wildman–Crippen MR) is 94.4 cm³/mol. The topological polar surface area (TPSA) is 0 Å². The molecule has 1 aliphatic rings. The van der Waals surface area contributed by atoms with Crippen molar-refractivity contribution in [3.8, 4) is 0 Å². The molecule has 25 heavy (non-hydrogen) atoms. The maximum absolute atomic E-state index is 13.7. The molecule has 0 aromatic heterocycles. The molecule has 0 nitrogen and oxygen atoms in total. The van der Waals surface area contributed by atoms with E-state index in [9.17, 15) is 17.6 Å². The highest BCUT2D eigenvalue weighted by Crippen LogP contribution is 2.43. The molecule has 1 saturated carbocycles. The summed E-state index contributed by atoms with van der Waals surface area (Å²) in [6.45, 7) is 2.48. The first-order valence-corrected chi connectivity index (χ1v) is 9.61. The van der Waals surface area contributed by atoms with E-state index >= 15 is 0 Å². The molecule has 2 rings (SSSR count). The Balaban J connectivity index is 1.88. The van der Waals surface area contributed by atoms with Crippen LogP contribution < -0.4 is 0 Å². The molecule has 1 aromatic carbocycles. The average Bonchev–Trinajstić information content (AvgIpc) is 2.58. The zero-order chi connectivity index (χ0) is 18.5. The lowest BCUT2D eigenvalue weighted by Gasteiger charge is -2.29. The zero-order valence-corrected chi connectivity index (χ0v) is 15.3. The Labute approximate surface area is 149 Å². The van der Waals surface area contributed by atoms with Gasteiger partial charge in [-0.15, -0.1) is 0 Å². The van der Waals surface area contributed by atoms with Crippen LogP contribution in [0.3, 0.4) is 0 Å². The van der Waals surface area contributed by atoms with Crippen LogP contribution in [0, 0.1) is 5.92 Å². The van der Waals surface area contributed by atoms with Gasteiger partial charge in [-0.2, -0.15) is 17.6 Å². The third-order valence-electron chi connectivity index (χ3n) is 5.61. The summed E-state index contributed by atoms with van der Waals surface area (Å²) in [5.41, 5.74) is 0.400. The van der Waals surface area contributed by atoms with Gasteiger partial charge < -0.3 is 0 Å². The predicted octanol–water partition coefficient (Wildman–Crippen LogP) is 7.68. The molecular weight excluding hydrogens is 328 g/mol. The second kappa shape index (κ2) is 8.55. The third-order valence-corrected chi connectivity index (χ3v) is 5.61. The Kier molecular flexibility index (Phi) is 6.93. The number of hydrogen-bond donors (Lipinski definition) is 0. The summed E-state index contributed by atoms with van der Waals surface area (Å²) < 4.78 is 53.6. The monoisotopic (exact) mass is 358 g/mol. The number of hydrogen-bond acceptors (Lipinski definition) is 0. The van der Waals surface area contributed by atoms with Crippen molar-refractivity contribution in [1.82, 2.24) is 0 Å². The van der Waals surface area contributed by atoms with E-state index in [-0.39, 0.29) is 6.92 Å². The second-order valence-electron chi connectivity index (χ2n) is 7.65. The minimum absolute atomic E-state index is 0.267. The number of alkyl halides is 4. The molecule has 1 aromatic rings. The van der Waals surface area contributed by atoms with Crippen LogP contribution >= 0.6 is 0 Å². The molecule has 0 aliphatic heterocycles. The van der Waals surface area contributed by atoms with Crippen molar-refractivity contribution in [3.05, 3.63) is 35.4 Å². The van der Waals surface area contributed by atoms with E-state index in [2.05, 4.69) is 6.92 Å². The summed E-state index contributed by atoms with van der Waals surface area (Å²) in [6.07, 6.45) is 11.0. The van der Waals surface area contributed by atoms with E-state index in [1.54, 1.807) is 12.1 Å². The lowest BCUT2D eigenvalue weighted by Crippen LogP contribution is -2.34. The first-order chi connectivity index (χ1) is 11.8. The summed E-state index contributed by atoms with van der Waals surface area (Å²) >= 11 is 0. The molecule has 0 heterocycles. The largest absolute Gasteiger partial charge is 0.335 e. The van der Waals surface area contributed by atoms with Crippen molar-refractivity contribution in [2.75, 3.05) is 0 Å². The second-order valence-corrected chi connectivity index (χ2v) is 7.65. The van der Waals surface area contributed by atoms with Gasteiger partial charge in [-0.1, -0.05) is 63.3 Å². The molecule has 0 saturated heterocycles.